The molecule has 3 rings (SSSR count). The fourth-order valence-electron chi connectivity index (χ4n) is 3.84. The number of carbonyl (C=O) groups is 1. The van der Waals surface area contributed by atoms with E-state index in [1.807, 2.05) is 60.7 Å². The van der Waals surface area contributed by atoms with Gasteiger partial charge in [-0.1, -0.05) is 60.7 Å². The predicted molar refractivity (Wildman–Crippen MR) is 111 cm³/mol. The van der Waals surface area contributed by atoms with Gasteiger partial charge >= 0.3 is 0 Å². The van der Waals surface area contributed by atoms with E-state index in [0.717, 1.165) is 24.0 Å². The Morgan fingerprint density at radius 2 is 1.54 bits per heavy atom. The third kappa shape index (κ3) is 4.61. The van der Waals surface area contributed by atoms with Crippen LogP contribution in [0.5, 0.6) is 0 Å². The van der Waals surface area contributed by atoms with E-state index in [0.29, 0.717) is 12.1 Å². The summed E-state index contributed by atoms with van der Waals surface area (Å²) in [6, 6.07) is 22.1. The van der Waals surface area contributed by atoms with Gasteiger partial charge in [0.1, 0.15) is 11.6 Å². The normalized spacial score (nSPS) is 19.9. The number of carbonyl (C=O) groups excluding carboxylic acids is 1. The van der Waals surface area contributed by atoms with Gasteiger partial charge in [0.25, 0.3) is 5.91 Å². The van der Waals surface area contributed by atoms with Crippen molar-refractivity contribution in [2.24, 2.45) is 0 Å². The summed E-state index contributed by atoms with van der Waals surface area (Å²) in [4.78, 5) is 15.1. The van der Waals surface area contributed by atoms with Gasteiger partial charge in [0, 0.05) is 18.3 Å². The Bertz CT molecular complexity index is 805. The molecule has 4 nitrogen and oxygen atoms in total. The summed E-state index contributed by atoms with van der Waals surface area (Å²) in [6.45, 7) is 4.30. The number of piperidine rings is 1. The molecule has 0 bridgehead atoms. The van der Waals surface area contributed by atoms with Crippen LogP contribution < -0.4 is 5.32 Å². The first-order valence-corrected chi connectivity index (χ1v) is 9.90. The van der Waals surface area contributed by atoms with Crippen molar-refractivity contribution >= 4 is 5.91 Å². The van der Waals surface area contributed by atoms with E-state index in [-0.39, 0.29) is 17.5 Å². The molecule has 1 heterocycles. The number of benzene rings is 2. The molecule has 0 radical (unpaired) electrons. The van der Waals surface area contributed by atoms with Gasteiger partial charge in [-0.05, 0) is 44.2 Å². The van der Waals surface area contributed by atoms with Crippen molar-refractivity contribution in [2.45, 2.75) is 51.2 Å². The molecule has 2 aromatic carbocycles. The molecule has 2 atom stereocenters. The van der Waals surface area contributed by atoms with Crippen LogP contribution in [0.25, 0.3) is 0 Å². The standard InChI is InChI=1S/C24H27N3O/c1-18-10-9-11-19(2)27(18)17-22(16-25)24(28)26-23(20-12-5-3-6-13-20)21-14-7-4-8-15-21/h3-8,12-15,17-19,23H,9-11H2,1-2H3,(H,26,28)/b22-17-. The minimum Gasteiger partial charge on any atom is -0.371 e. The molecule has 0 aliphatic carbocycles. The summed E-state index contributed by atoms with van der Waals surface area (Å²) in [6.07, 6.45) is 5.09. The summed E-state index contributed by atoms with van der Waals surface area (Å²) < 4.78 is 0. The second kappa shape index (κ2) is 9.23. The molecule has 1 aliphatic rings. The monoisotopic (exact) mass is 373 g/mol. The van der Waals surface area contributed by atoms with Crippen molar-refractivity contribution in [1.29, 1.82) is 5.26 Å². The summed E-state index contributed by atoms with van der Waals surface area (Å²) in [5, 5.41) is 12.7. The molecule has 28 heavy (non-hydrogen) atoms. The molecule has 2 unspecified atom stereocenters. The first-order valence-electron chi connectivity index (χ1n) is 9.90. The Hall–Kier alpha value is -3.06. The van der Waals surface area contributed by atoms with Crippen LogP contribution in [0.2, 0.25) is 0 Å². The SMILES string of the molecule is CC1CCCC(C)N1/C=C(/C#N)C(=O)NC(c1ccccc1)c1ccccc1. The lowest BCUT2D eigenvalue weighted by Gasteiger charge is -2.38. The van der Waals surface area contributed by atoms with Crippen molar-refractivity contribution in [3.05, 3.63) is 83.6 Å². The lowest BCUT2D eigenvalue weighted by atomic mass is 9.97. The van der Waals surface area contributed by atoms with Crippen molar-refractivity contribution < 1.29 is 4.79 Å². The highest BCUT2D eigenvalue weighted by Gasteiger charge is 2.25. The zero-order chi connectivity index (χ0) is 19.9. The maximum atomic E-state index is 13.0. The number of amides is 1. The van der Waals surface area contributed by atoms with Gasteiger partial charge in [0.15, 0.2) is 0 Å². The summed E-state index contributed by atoms with van der Waals surface area (Å²) in [7, 11) is 0. The number of nitriles is 1. The van der Waals surface area contributed by atoms with Crippen molar-refractivity contribution in [2.75, 3.05) is 0 Å². The average Bonchev–Trinajstić information content (AvgIpc) is 2.73. The number of hydrogen-bond donors (Lipinski definition) is 1. The Balaban J connectivity index is 1.86. The summed E-state index contributed by atoms with van der Waals surface area (Å²) in [5.41, 5.74) is 2.12. The maximum absolute atomic E-state index is 13.0. The van der Waals surface area contributed by atoms with Gasteiger partial charge in [-0.2, -0.15) is 5.26 Å². The van der Waals surface area contributed by atoms with Crippen LogP contribution >= 0.6 is 0 Å². The minimum absolute atomic E-state index is 0.150. The van der Waals surface area contributed by atoms with Gasteiger partial charge in [-0.15, -0.1) is 0 Å². The molecule has 0 aromatic heterocycles. The van der Waals surface area contributed by atoms with Crippen LogP contribution in [0.4, 0.5) is 0 Å². The molecular weight excluding hydrogens is 346 g/mol. The molecule has 0 spiro atoms. The fraction of sp³-hybridized carbons (Fsp3) is 0.333. The Kier molecular flexibility index (Phi) is 6.49. The molecule has 2 aromatic rings. The quantitative estimate of drug-likeness (QED) is 0.617. The first kappa shape index (κ1) is 19.7. The zero-order valence-corrected chi connectivity index (χ0v) is 16.5. The number of nitrogens with zero attached hydrogens (tertiary/aromatic N) is 2. The van der Waals surface area contributed by atoms with Gasteiger partial charge < -0.3 is 10.2 Å². The molecule has 1 aliphatic heterocycles. The second-order valence-corrected chi connectivity index (χ2v) is 7.46. The molecular formula is C24H27N3O. The smallest absolute Gasteiger partial charge is 0.264 e. The van der Waals surface area contributed by atoms with Crippen LogP contribution in [-0.2, 0) is 4.79 Å². The van der Waals surface area contributed by atoms with E-state index >= 15 is 0 Å². The van der Waals surface area contributed by atoms with Crippen LogP contribution in [0.15, 0.2) is 72.4 Å². The van der Waals surface area contributed by atoms with Crippen LogP contribution in [-0.4, -0.2) is 22.9 Å². The average molecular weight is 374 g/mol. The van der Waals surface area contributed by atoms with Crippen molar-refractivity contribution in [1.82, 2.24) is 10.2 Å². The predicted octanol–water partition coefficient (Wildman–Crippen LogP) is 4.56. The summed E-state index contributed by atoms with van der Waals surface area (Å²) >= 11 is 0. The van der Waals surface area contributed by atoms with Gasteiger partial charge in [-0.3, -0.25) is 4.79 Å². The minimum atomic E-state index is -0.342. The van der Waals surface area contributed by atoms with E-state index in [9.17, 15) is 10.1 Å². The van der Waals surface area contributed by atoms with Crippen molar-refractivity contribution in [3.8, 4) is 6.07 Å². The fourth-order valence-corrected chi connectivity index (χ4v) is 3.84. The van der Waals surface area contributed by atoms with E-state index < -0.39 is 0 Å². The Morgan fingerprint density at radius 1 is 1.04 bits per heavy atom. The lowest BCUT2D eigenvalue weighted by molar-refractivity contribution is -0.117. The molecule has 1 N–H and O–H groups in total. The second-order valence-electron chi connectivity index (χ2n) is 7.46. The van der Waals surface area contributed by atoms with Crippen LogP contribution in [0.3, 0.4) is 0 Å². The Morgan fingerprint density at radius 3 is 2.00 bits per heavy atom. The highest BCUT2D eigenvalue weighted by Crippen LogP contribution is 2.25. The molecule has 1 saturated heterocycles. The topological polar surface area (TPSA) is 56.1 Å². The number of rotatable bonds is 5. The highest BCUT2D eigenvalue weighted by molar-refractivity contribution is 5.97. The Labute approximate surface area is 167 Å². The third-order valence-electron chi connectivity index (χ3n) is 5.45. The summed E-state index contributed by atoms with van der Waals surface area (Å²) in [5.74, 6) is -0.342. The molecule has 1 fully saturated rings. The van der Waals surface area contributed by atoms with Crippen LogP contribution in [0.1, 0.15) is 50.3 Å². The van der Waals surface area contributed by atoms with Gasteiger partial charge in [-0.25, -0.2) is 0 Å². The molecule has 1 amide bonds. The van der Waals surface area contributed by atoms with Gasteiger partial charge in [0.05, 0.1) is 6.04 Å². The van der Waals surface area contributed by atoms with Crippen LogP contribution in [0, 0.1) is 11.3 Å². The molecule has 4 heteroatoms. The van der Waals surface area contributed by atoms with E-state index in [1.54, 1.807) is 6.20 Å². The lowest BCUT2D eigenvalue weighted by Crippen LogP contribution is -2.41. The van der Waals surface area contributed by atoms with E-state index in [4.69, 9.17) is 0 Å². The number of hydrogen-bond acceptors (Lipinski definition) is 3. The van der Waals surface area contributed by atoms with Gasteiger partial charge in [0.2, 0.25) is 0 Å². The van der Waals surface area contributed by atoms with E-state index in [2.05, 4.69) is 30.1 Å². The maximum Gasteiger partial charge on any atom is 0.264 e. The highest BCUT2D eigenvalue weighted by atomic mass is 16.1. The largest absolute Gasteiger partial charge is 0.371 e. The molecule has 0 saturated carbocycles. The van der Waals surface area contributed by atoms with Crippen molar-refractivity contribution in [3.63, 3.8) is 0 Å². The zero-order valence-electron chi connectivity index (χ0n) is 16.5. The third-order valence-corrected chi connectivity index (χ3v) is 5.45. The number of likely N-dealkylation sites (tertiary alicyclic amines) is 1. The number of nitrogens with one attached hydrogen (secondary N) is 1. The van der Waals surface area contributed by atoms with E-state index in [1.165, 1.54) is 6.42 Å². The first-order chi connectivity index (χ1) is 13.6. The molecule has 144 valence electrons.